The zero-order valence-corrected chi connectivity index (χ0v) is 10.0. The molecule has 16 heavy (non-hydrogen) atoms. The van der Waals surface area contributed by atoms with Crippen LogP contribution in [0.3, 0.4) is 0 Å². The Morgan fingerprint density at radius 3 is 2.38 bits per heavy atom. The number of ether oxygens (including phenoxy) is 1. The predicted molar refractivity (Wildman–Crippen MR) is 67.5 cm³/mol. The Balaban J connectivity index is 2.31. The van der Waals surface area contributed by atoms with Gasteiger partial charge in [-0.2, -0.15) is 0 Å². The lowest BCUT2D eigenvalue weighted by atomic mass is 10.2. The molecule has 0 aliphatic carbocycles. The maximum Gasteiger partial charge on any atom is 0.133 e. The minimum Gasteiger partial charge on any atom is -0.457 e. The number of rotatable bonds is 3. The van der Waals surface area contributed by atoms with Crippen molar-refractivity contribution in [2.45, 2.75) is 5.88 Å². The molecule has 0 atom stereocenters. The van der Waals surface area contributed by atoms with Gasteiger partial charge in [-0.15, -0.1) is 11.6 Å². The highest BCUT2D eigenvalue weighted by Crippen LogP contribution is 2.31. The Kier molecular flexibility index (Phi) is 3.70. The Morgan fingerprint density at radius 1 is 0.938 bits per heavy atom. The largest absolute Gasteiger partial charge is 0.457 e. The number of benzene rings is 2. The Morgan fingerprint density at radius 2 is 1.69 bits per heavy atom. The first-order valence-corrected chi connectivity index (χ1v) is 5.79. The fraction of sp³-hybridized carbons (Fsp3) is 0.0769. The minimum absolute atomic E-state index is 0.335. The predicted octanol–water partition coefficient (Wildman–Crippen LogP) is 4.87. The van der Waals surface area contributed by atoms with Gasteiger partial charge in [0.2, 0.25) is 0 Å². The van der Waals surface area contributed by atoms with Crippen LogP contribution in [-0.2, 0) is 5.88 Å². The molecule has 0 radical (unpaired) electrons. The van der Waals surface area contributed by atoms with E-state index in [2.05, 4.69) is 0 Å². The number of hydrogen-bond donors (Lipinski definition) is 0. The second-order valence-corrected chi connectivity index (χ2v) is 3.94. The van der Waals surface area contributed by atoms with Crippen LogP contribution < -0.4 is 4.74 Å². The Bertz CT molecular complexity index is 469. The van der Waals surface area contributed by atoms with Crippen molar-refractivity contribution in [1.82, 2.24) is 0 Å². The maximum absolute atomic E-state index is 6.03. The highest BCUT2D eigenvalue weighted by atomic mass is 35.5. The van der Waals surface area contributed by atoms with Gasteiger partial charge in [0.1, 0.15) is 11.5 Å². The van der Waals surface area contributed by atoms with Crippen LogP contribution in [0.25, 0.3) is 0 Å². The molecule has 1 nitrogen and oxygen atoms in total. The van der Waals surface area contributed by atoms with E-state index >= 15 is 0 Å². The van der Waals surface area contributed by atoms with Crippen LogP contribution in [-0.4, -0.2) is 0 Å². The van der Waals surface area contributed by atoms with Crippen molar-refractivity contribution in [3.63, 3.8) is 0 Å². The van der Waals surface area contributed by atoms with Gasteiger partial charge in [0.05, 0.1) is 5.88 Å². The zero-order valence-electron chi connectivity index (χ0n) is 8.49. The minimum atomic E-state index is 0.335. The molecule has 0 aliphatic heterocycles. The van der Waals surface area contributed by atoms with Gasteiger partial charge in [-0.25, -0.2) is 0 Å². The summed E-state index contributed by atoms with van der Waals surface area (Å²) in [6, 6.07) is 15.1. The molecule has 2 rings (SSSR count). The van der Waals surface area contributed by atoms with E-state index in [1.807, 2.05) is 42.5 Å². The average Bonchev–Trinajstić information content (AvgIpc) is 2.31. The highest BCUT2D eigenvalue weighted by molar-refractivity contribution is 6.32. The van der Waals surface area contributed by atoms with Crippen LogP contribution in [0.4, 0.5) is 0 Å². The van der Waals surface area contributed by atoms with Crippen molar-refractivity contribution in [1.29, 1.82) is 0 Å². The fourth-order valence-corrected chi connectivity index (χ4v) is 1.96. The van der Waals surface area contributed by atoms with Crippen molar-refractivity contribution in [2.24, 2.45) is 0 Å². The Labute approximate surface area is 105 Å². The van der Waals surface area contributed by atoms with Gasteiger partial charge in [0.15, 0.2) is 0 Å². The van der Waals surface area contributed by atoms with Crippen LogP contribution in [0.15, 0.2) is 48.5 Å². The van der Waals surface area contributed by atoms with E-state index < -0.39 is 0 Å². The monoisotopic (exact) mass is 252 g/mol. The smallest absolute Gasteiger partial charge is 0.133 e. The van der Waals surface area contributed by atoms with Crippen molar-refractivity contribution in [3.8, 4) is 11.5 Å². The van der Waals surface area contributed by atoms with Crippen LogP contribution in [0.2, 0.25) is 5.02 Å². The first kappa shape index (κ1) is 11.3. The molecule has 0 heterocycles. The molecule has 0 aromatic heterocycles. The number of para-hydroxylation sites is 1. The second-order valence-electron chi connectivity index (χ2n) is 3.27. The van der Waals surface area contributed by atoms with Crippen LogP contribution in [0.1, 0.15) is 5.56 Å². The van der Waals surface area contributed by atoms with E-state index in [0.717, 1.165) is 11.3 Å². The molecule has 82 valence electrons. The Hall–Kier alpha value is -1.18. The molecule has 0 amide bonds. The summed E-state index contributed by atoms with van der Waals surface area (Å²) in [5.41, 5.74) is 0.815. The number of hydrogen-bond acceptors (Lipinski definition) is 1. The second kappa shape index (κ2) is 5.24. The third kappa shape index (κ3) is 2.49. The molecule has 0 saturated carbocycles. The molecule has 0 N–H and O–H groups in total. The summed E-state index contributed by atoms with van der Waals surface area (Å²) in [7, 11) is 0. The molecule has 2 aromatic rings. The van der Waals surface area contributed by atoms with Gasteiger partial charge < -0.3 is 4.74 Å². The number of halogens is 2. The first-order valence-electron chi connectivity index (χ1n) is 4.87. The highest BCUT2D eigenvalue weighted by Gasteiger charge is 2.07. The third-order valence-electron chi connectivity index (χ3n) is 2.18. The summed E-state index contributed by atoms with van der Waals surface area (Å²) in [5.74, 6) is 1.81. The molecule has 0 bridgehead atoms. The van der Waals surface area contributed by atoms with E-state index in [1.54, 1.807) is 6.07 Å². The summed E-state index contributed by atoms with van der Waals surface area (Å²) in [6.07, 6.45) is 0. The van der Waals surface area contributed by atoms with E-state index in [-0.39, 0.29) is 0 Å². The van der Waals surface area contributed by atoms with Crippen molar-refractivity contribution < 1.29 is 4.74 Å². The van der Waals surface area contributed by atoms with Crippen LogP contribution >= 0.6 is 23.2 Å². The molecule has 3 heteroatoms. The van der Waals surface area contributed by atoms with Gasteiger partial charge in [0.25, 0.3) is 0 Å². The van der Waals surface area contributed by atoms with Gasteiger partial charge in [-0.05, 0) is 24.3 Å². The topological polar surface area (TPSA) is 9.23 Å². The molecule has 0 unspecified atom stereocenters. The van der Waals surface area contributed by atoms with Gasteiger partial charge in [0, 0.05) is 10.6 Å². The third-order valence-corrected chi connectivity index (χ3v) is 2.80. The summed E-state index contributed by atoms with van der Waals surface area (Å²) in [5, 5.41) is 0.628. The van der Waals surface area contributed by atoms with E-state index in [1.165, 1.54) is 0 Å². The van der Waals surface area contributed by atoms with E-state index in [0.29, 0.717) is 16.7 Å². The molecule has 0 aliphatic rings. The first-order chi connectivity index (χ1) is 7.81. The van der Waals surface area contributed by atoms with Crippen LogP contribution in [0, 0.1) is 0 Å². The van der Waals surface area contributed by atoms with E-state index in [9.17, 15) is 0 Å². The molecule has 2 aromatic carbocycles. The molecular weight excluding hydrogens is 243 g/mol. The molecular formula is C13H10Cl2O. The van der Waals surface area contributed by atoms with Crippen LogP contribution in [0.5, 0.6) is 11.5 Å². The number of alkyl halides is 1. The SMILES string of the molecule is ClCc1c(Cl)cccc1Oc1ccccc1. The normalized spacial score (nSPS) is 10.1. The quantitative estimate of drug-likeness (QED) is 0.709. The zero-order chi connectivity index (χ0) is 11.4. The lowest BCUT2D eigenvalue weighted by Gasteiger charge is -2.10. The van der Waals surface area contributed by atoms with Gasteiger partial charge in [-0.1, -0.05) is 35.9 Å². The van der Waals surface area contributed by atoms with Crippen molar-refractivity contribution in [3.05, 3.63) is 59.1 Å². The molecule has 0 saturated heterocycles. The van der Waals surface area contributed by atoms with Gasteiger partial charge in [-0.3, -0.25) is 0 Å². The molecule has 0 spiro atoms. The summed E-state index contributed by atoms with van der Waals surface area (Å²) >= 11 is 11.9. The summed E-state index contributed by atoms with van der Waals surface area (Å²) in [6.45, 7) is 0. The lowest BCUT2D eigenvalue weighted by Crippen LogP contribution is -1.90. The molecule has 0 fully saturated rings. The van der Waals surface area contributed by atoms with Gasteiger partial charge >= 0.3 is 0 Å². The maximum atomic E-state index is 6.03. The summed E-state index contributed by atoms with van der Waals surface area (Å²) in [4.78, 5) is 0. The average molecular weight is 253 g/mol. The standard InChI is InChI=1S/C13H10Cl2O/c14-9-11-12(15)7-4-8-13(11)16-10-5-2-1-3-6-10/h1-8H,9H2. The van der Waals surface area contributed by atoms with Crippen molar-refractivity contribution in [2.75, 3.05) is 0 Å². The summed E-state index contributed by atoms with van der Waals surface area (Å²) < 4.78 is 5.71. The fourth-order valence-electron chi connectivity index (χ4n) is 1.38. The van der Waals surface area contributed by atoms with E-state index in [4.69, 9.17) is 27.9 Å². The van der Waals surface area contributed by atoms with Crippen molar-refractivity contribution >= 4 is 23.2 Å². The lowest BCUT2D eigenvalue weighted by molar-refractivity contribution is 0.478.